The summed E-state index contributed by atoms with van der Waals surface area (Å²) >= 11 is 1.95. The van der Waals surface area contributed by atoms with Crippen molar-refractivity contribution in [3.63, 3.8) is 0 Å². The van der Waals surface area contributed by atoms with Gasteiger partial charge in [0.15, 0.2) is 0 Å². The highest BCUT2D eigenvalue weighted by molar-refractivity contribution is 7.99. The van der Waals surface area contributed by atoms with E-state index in [1.54, 1.807) is 6.07 Å². The van der Waals surface area contributed by atoms with E-state index in [9.17, 15) is 4.39 Å². The van der Waals surface area contributed by atoms with Gasteiger partial charge in [0, 0.05) is 6.07 Å². The van der Waals surface area contributed by atoms with Crippen LogP contribution in [0.5, 0.6) is 5.88 Å². The van der Waals surface area contributed by atoms with Crippen molar-refractivity contribution in [1.29, 1.82) is 0 Å². The lowest BCUT2D eigenvalue weighted by molar-refractivity contribution is 0.187. The summed E-state index contributed by atoms with van der Waals surface area (Å²) in [5, 5.41) is 0.775. The minimum Gasteiger partial charge on any atom is -0.474 e. The number of nitrogens with zero attached hydrogens (tertiary/aromatic N) is 2. The monoisotopic (exact) mass is 264 g/mol. The Kier molecular flexibility index (Phi) is 3.32. The lowest BCUT2D eigenvalue weighted by Gasteiger charge is -2.22. The SMILES string of the molecule is Fc1ccc2c(OC3CCSCC3)ncnc2c1. The van der Waals surface area contributed by atoms with Gasteiger partial charge in [0.2, 0.25) is 5.88 Å². The summed E-state index contributed by atoms with van der Waals surface area (Å²) in [7, 11) is 0. The van der Waals surface area contributed by atoms with Gasteiger partial charge in [0.1, 0.15) is 18.2 Å². The van der Waals surface area contributed by atoms with E-state index in [4.69, 9.17) is 4.74 Å². The van der Waals surface area contributed by atoms with Crippen LogP contribution in [0.4, 0.5) is 4.39 Å². The Balaban J connectivity index is 1.91. The Morgan fingerprint density at radius 1 is 1.22 bits per heavy atom. The number of benzene rings is 1. The molecule has 1 aromatic carbocycles. The van der Waals surface area contributed by atoms with Gasteiger partial charge in [0.05, 0.1) is 10.9 Å². The van der Waals surface area contributed by atoms with E-state index in [0.717, 1.165) is 29.7 Å². The maximum atomic E-state index is 13.1. The highest BCUT2D eigenvalue weighted by Crippen LogP contribution is 2.26. The third kappa shape index (κ3) is 2.41. The van der Waals surface area contributed by atoms with Crippen LogP contribution in [0.3, 0.4) is 0 Å². The first-order chi connectivity index (χ1) is 8.83. The van der Waals surface area contributed by atoms with Crippen LogP contribution < -0.4 is 4.74 Å². The Hall–Kier alpha value is -1.36. The van der Waals surface area contributed by atoms with Crippen molar-refractivity contribution in [2.24, 2.45) is 0 Å². The topological polar surface area (TPSA) is 35.0 Å². The Morgan fingerprint density at radius 3 is 2.89 bits per heavy atom. The molecular weight excluding hydrogens is 251 g/mol. The molecule has 2 aromatic rings. The second-order valence-corrected chi connectivity index (χ2v) is 5.49. The van der Waals surface area contributed by atoms with Crippen molar-refractivity contribution in [2.45, 2.75) is 18.9 Å². The highest BCUT2D eigenvalue weighted by atomic mass is 32.2. The van der Waals surface area contributed by atoms with Crippen LogP contribution >= 0.6 is 11.8 Å². The van der Waals surface area contributed by atoms with E-state index >= 15 is 0 Å². The van der Waals surface area contributed by atoms with Crippen molar-refractivity contribution in [2.75, 3.05) is 11.5 Å². The van der Waals surface area contributed by atoms with E-state index in [1.165, 1.54) is 18.5 Å². The molecule has 94 valence electrons. The van der Waals surface area contributed by atoms with Crippen LogP contribution in [0, 0.1) is 5.82 Å². The van der Waals surface area contributed by atoms with Crippen LogP contribution in [-0.4, -0.2) is 27.6 Å². The molecule has 0 N–H and O–H groups in total. The van der Waals surface area contributed by atoms with Gasteiger partial charge in [-0.2, -0.15) is 11.8 Å². The fourth-order valence-corrected chi connectivity index (χ4v) is 3.11. The summed E-state index contributed by atoms with van der Waals surface area (Å²) in [6, 6.07) is 4.49. The minimum absolute atomic E-state index is 0.217. The fraction of sp³-hybridized carbons (Fsp3) is 0.385. The molecule has 2 heterocycles. The van der Waals surface area contributed by atoms with Crippen molar-refractivity contribution < 1.29 is 9.13 Å². The van der Waals surface area contributed by atoms with Gasteiger partial charge in [-0.3, -0.25) is 0 Å². The number of hydrogen-bond acceptors (Lipinski definition) is 4. The van der Waals surface area contributed by atoms with E-state index in [2.05, 4.69) is 9.97 Å². The zero-order valence-electron chi connectivity index (χ0n) is 9.80. The van der Waals surface area contributed by atoms with Crippen LogP contribution in [0.2, 0.25) is 0 Å². The molecule has 0 unspecified atom stereocenters. The molecule has 5 heteroatoms. The number of aromatic nitrogens is 2. The third-order valence-electron chi connectivity index (χ3n) is 3.01. The minimum atomic E-state index is -0.291. The quantitative estimate of drug-likeness (QED) is 0.835. The maximum Gasteiger partial charge on any atom is 0.224 e. The molecule has 1 fully saturated rings. The number of ether oxygens (including phenoxy) is 1. The number of halogens is 1. The fourth-order valence-electron chi connectivity index (χ4n) is 2.05. The smallest absolute Gasteiger partial charge is 0.224 e. The molecule has 0 amide bonds. The van der Waals surface area contributed by atoms with Gasteiger partial charge in [-0.15, -0.1) is 0 Å². The van der Waals surface area contributed by atoms with Gasteiger partial charge in [0.25, 0.3) is 0 Å². The average Bonchev–Trinajstić information content (AvgIpc) is 2.40. The van der Waals surface area contributed by atoms with Crippen LogP contribution in [0.25, 0.3) is 10.9 Å². The molecule has 0 spiro atoms. The lowest BCUT2D eigenvalue weighted by Crippen LogP contribution is -2.22. The molecule has 1 aliphatic heterocycles. The first-order valence-corrected chi connectivity index (χ1v) is 7.13. The van der Waals surface area contributed by atoms with E-state index in [1.807, 2.05) is 11.8 Å². The third-order valence-corrected chi connectivity index (χ3v) is 4.06. The first-order valence-electron chi connectivity index (χ1n) is 5.97. The second kappa shape index (κ2) is 5.10. The number of fused-ring (bicyclic) bond motifs is 1. The van der Waals surface area contributed by atoms with Gasteiger partial charge < -0.3 is 4.74 Å². The molecule has 0 saturated carbocycles. The summed E-state index contributed by atoms with van der Waals surface area (Å²) in [5.74, 6) is 2.53. The zero-order valence-corrected chi connectivity index (χ0v) is 10.6. The van der Waals surface area contributed by atoms with Gasteiger partial charge in [-0.1, -0.05) is 0 Å². The van der Waals surface area contributed by atoms with Crippen LogP contribution in [0.1, 0.15) is 12.8 Å². The lowest BCUT2D eigenvalue weighted by atomic mass is 10.2. The standard InChI is InChI=1S/C13H13FN2OS/c14-9-1-2-11-12(7-9)15-8-16-13(11)17-10-3-5-18-6-4-10/h1-2,7-8,10H,3-6H2. The van der Waals surface area contributed by atoms with E-state index in [0.29, 0.717) is 11.4 Å². The molecule has 0 atom stereocenters. The predicted octanol–water partition coefficient (Wildman–Crippen LogP) is 3.04. The molecule has 1 aliphatic rings. The molecule has 1 saturated heterocycles. The number of hydrogen-bond donors (Lipinski definition) is 0. The summed E-state index contributed by atoms with van der Waals surface area (Å²) < 4.78 is 19.0. The molecule has 3 nitrogen and oxygen atoms in total. The van der Waals surface area contributed by atoms with Gasteiger partial charge in [-0.25, -0.2) is 14.4 Å². The normalized spacial score (nSPS) is 16.9. The largest absolute Gasteiger partial charge is 0.474 e. The predicted molar refractivity (Wildman–Crippen MR) is 70.5 cm³/mol. The Morgan fingerprint density at radius 2 is 2.06 bits per heavy atom. The van der Waals surface area contributed by atoms with Crippen LogP contribution in [0.15, 0.2) is 24.5 Å². The summed E-state index contributed by atoms with van der Waals surface area (Å²) in [6.45, 7) is 0. The van der Waals surface area contributed by atoms with Crippen molar-refractivity contribution in [3.8, 4) is 5.88 Å². The number of rotatable bonds is 2. The molecule has 3 rings (SSSR count). The second-order valence-electron chi connectivity index (χ2n) is 4.27. The Labute approximate surface area is 109 Å². The average molecular weight is 264 g/mol. The molecule has 1 aromatic heterocycles. The van der Waals surface area contributed by atoms with Crippen molar-refractivity contribution >= 4 is 22.7 Å². The molecular formula is C13H13FN2OS. The maximum absolute atomic E-state index is 13.1. The molecule has 0 bridgehead atoms. The Bertz CT molecular complexity index is 558. The van der Waals surface area contributed by atoms with Crippen molar-refractivity contribution in [3.05, 3.63) is 30.3 Å². The van der Waals surface area contributed by atoms with Gasteiger partial charge in [-0.05, 0) is 36.5 Å². The number of thioether (sulfide) groups is 1. The zero-order chi connectivity index (χ0) is 12.4. The first kappa shape index (κ1) is 11.7. The van der Waals surface area contributed by atoms with E-state index < -0.39 is 0 Å². The molecule has 0 aliphatic carbocycles. The van der Waals surface area contributed by atoms with Crippen LogP contribution in [-0.2, 0) is 0 Å². The van der Waals surface area contributed by atoms with E-state index in [-0.39, 0.29) is 11.9 Å². The van der Waals surface area contributed by atoms with Gasteiger partial charge >= 0.3 is 0 Å². The molecule has 0 radical (unpaired) electrons. The highest BCUT2D eigenvalue weighted by Gasteiger charge is 2.17. The summed E-state index contributed by atoms with van der Waals surface area (Å²) in [6.07, 6.45) is 3.72. The van der Waals surface area contributed by atoms with Crippen molar-refractivity contribution in [1.82, 2.24) is 9.97 Å². The summed E-state index contributed by atoms with van der Waals surface area (Å²) in [4.78, 5) is 8.23. The molecule has 18 heavy (non-hydrogen) atoms. The summed E-state index contributed by atoms with van der Waals surface area (Å²) in [5.41, 5.74) is 0.588.